The summed E-state index contributed by atoms with van der Waals surface area (Å²) in [6, 6.07) is 0.383. The van der Waals surface area contributed by atoms with Crippen LogP contribution in [0.2, 0.25) is 0 Å². The lowest BCUT2D eigenvalue weighted by Gasteiger charge is -2.36. The van der Waals surface area contributed by atoms with Gasteiger partial charge in [0, 0.05) is 25.6 Å². The average Bonchev–Trinajstić information content (AvgIpc) is 2.51. The van der Waals surface area contributed by atoms with Gasteiger partial charge in [-0.1, -0.05) is 20.8 Å². The van der Waals surface area contributed by atoms with E-state index in [9.17, 15) is 4.79 Å². The van der Waals surface area contributed by atoms with Crippen LogP contribution in [0.15, 0.2) is 0 Å². The molecule has 0 aromatic heterocycles. The van der Waals surface area contributed by atoms with Crippen molar-refractivity contribution in [3.63, 3.8) is 0 Å². The number of hydrogen-bond donors (Lipinski definition) is 2. The van der Waals surface area contributed by atoms with Crippen LogP contribution in [-0.4, -0.2) is 43.0 Å². The van der Waals surface area contributed by atoms with Crippen LogP contribution in [0, 0.1) is 5.41 Å². The van der Waals surface area contributed by atoms with Gasteiger partial charge in [-0.3, -0.25) is 9.69 Å². The lowest BCUT2D eigenvalue weighted by atomic mass is 9.91. The number of rotatable bonds is 5. The van der Waals surface area contributed by atoms with E-state index in [4.69, 9.17) is 5.73 Å². The third kappa shape index (κ3) is 4.64. The van der Waals surface area contributed by atoms with Crippen LogP contribution in [0.3, 0.4) is 0 Å². The molecule has 0 radical (unpaired) electrons. The molecule has 0 aromatic carbocycles. The number of nitrogens with zero attached hydrogens (tertiary/aromatic N) is 1. The van der Waals surface area contributed by atoms with Crippen LogP contribution in [0.1, 0.15) is 40.0 Å². The Balaban J connectivity index is 2.62. The third-order valence-electron chi connectivity index (χ3n) is 3.56. The van der Waals surface area contributed by atoms with E-state index < -0.39 is 0 Å². The van der Waals surface area contributed by atoms with E-state index in [1.165, 1.54) is 0 Å². The fourth-order valence-electron chi connectivity index (χ4n) is 2.38. The van der Waals surface area contributed by atoms with E-state index in [-0.39, 0.29) is 11.3 Å². The number of nitrogens with one attached hydrogen (secondary N) is 1. The predicted molar refractivity (Wildman–Crippen MR) is 70.7 cm³/mol. The summed E-state index contributed by atoms with van der Waals surface area (Å²) in [5.74, 6) is 0.191. The SMILES string of the molecule is CCN(CC(C)(C)CN)C1CCCNC(=O)C1. The minimum atomic E-state index is 0.124. The highest BCUT2D eigenvalue weighted by molar-refractivity contribution is 5.76. The highest BCUT2D eigenvalue weighted by Gasteiger charge is 2.27. The van der Waals surface area contributed by atoms with Crippen LogP contribution in [0.4, 0.5) is 0 Å². The molecule has 0 aliphatic carbocycles. The van der Waals surface area contributed by atoms with Gasteiger partial charge in [0.2, 0.25) is 5.91 Å². The normalized spacial score (nSPS) is 22.4. The van der Waals surface area contributed by atoms with Crippen LogP contribution in [0.25, 0.3) is 0 Å². The Bertz CT molecular complexity index is 253. The van der Waals surface area contributed by atoms with Gasteiger partial charge in [-0.2, -0.15) is 0 Å². The maximum absolute atomic E-state index is 11.6. The molecule has 0 aromatic rings. The average molecular weight is 241 g/mol. The Morgan fingerprint density at radius 1 is 1.53 bits per heavy atom. The molecule has 1 saturated heterocycles. The van der Waals surface area contributed by atoms with Crippen LogP contribution < -0.4 is 11.1 Å². The molecule has 4 nitrogen and oxygen atoms in total. The van der Waals surface area contributed by atoms with Gasteiger partial charge in [-0.25, -0.2) is 0 Å². The molecule has 0 saturated carbocycles. The number of amides is 1. The molecular weight excluding hydrogens is 214 g/mol. The summed E-state index contributed by atoms with van der Waals surface area (Å²) in [5, 5.41) is 2.94. The standard InChI is InChI=1S/C13H27N3O/c1-4-16(10-13(2,3)9-14)11-6-5-7-15-12(17)8-11/h11H,4-10,14H2,1-3H3,(H,15,17). The van der Waals surface area contributed by atoms with Gasteiger partial charge in [0.05, 0.1) is 0 Å². The molecular formula is C13H27N3O. The van der Waals surface area contributed by atoms with Gasteiger partial charge in [-0.15, -0.1) is 0 Å². The van der Waals surface area contributed by atoms with Crippen molar-refractivity contribution in [2.24, 2.45) is 11.1 Å². The molecule has 1 amide bonds. The lowest BCUT2D eigenvalue weighted by Crippen LogP contribution is -2.45. The zero-order chi connectivity index (χ0) is 12.9. The quantitative estimate of drug-likeness (QED) is 0.754. The maximum atomic E-state index is 11.6. The maximum Gasteiger partial charge on any atom is 0.221 e. The first-order valence-corrected chi connectivity index (χ1v) is 6.69. The van der Waals surface area contributed by atoms with E-state index in [1.807, 2.05) is 0 Å². The summed E-state index contributed by atoms with van der Waals surface area (Å²) in [4.78, 5) is 14.0. The summed E-state index contributed by atoms with van der Waals surface area (Å²) < 4.78 is 0. The van der Waals surface area contributed by atoms with Crippen molar-refractivity contribution in [2.45, 2.75) is 46.1 Å². The van der Waals surface area contributed by atoms with Gasteiger partial charge in [0.1, 0.15) is 0 Å². The van der Waals surface area contributed by atoms with Crippen molar-refractivity contribution in [1.82, 2.24) is 10.2 Å². The molecule has 4 heteroatoms. The summed E-state index contributed by atoms with van der Waals surface area (Å²) >= 11 is 0. The van der Waals surface area contributed by atoms with Crippen molar-refractivity contribution < 1.29 is 4.79 Å². The number of carbonyl (C=O) groups is 1. The molecule has 100 valence electrons. The van der Waals surface area contributed by atoms with Crippen molar-refractivity contribution in [3.05, 3.63) is 0 Å². The zero-order valence-electron chi connectivity index (χ0n) is 11.5. The molecule has 3 N–H and O–H groups in total. The van der Waals surface area contributed by atoms with E-state index in [0.29, 0.717) is 19.0 Å². The lowest BCUT2D eigenvalue weighted by molar-refractivity contribution is -0.121. The molecule has 0 bridgehead atoms. The molecule has 1 rings (SSSR count). The zero-order valence-corrected chi connectivity index (χ0v) is 11.5. The molecule has 1 fully saturated rings. The molecule has 1 heterocycles. The van der Waals surface area contributed by atoms with Crippen LogP contribution >= 0.6 is 0 Å². The van der Waals surface area contributed by atoms with Crippen molar-refractivity contribution in [2.75, 3.05) is 26.2 Å². The highest BCUT2D eigenvalue weighted by atomic mass is 16.1. The minimum absolute atomic E-state index is 0.124. The Kier molecular flexibility index (Phi) is 5.40. The largest absolute Gasteiger partial charge is 0.356 e. The molecule has 0 spiro atoms. The minimum Gasteiger partial charge on any atom is -0.356 e. The van der Waals surface area contributed by atoms with Gasteiger partial charge in [-0.05, 0) is 31.3 Å². The Labute approximate surface area is 105 Å². The van der Waals surface area contributed by atoms with Crippen LogP contribution in [0.5, 0.6) is 0 Å². The van der Waals surface area contributed by atoms with Gasteiger partial charge >= 0.3 is 0 Å². The first-order chi connectivity index (χ1) is 7.98. The topological polar surface area (TPSA) is 58.4 Å². The monoisotopic (exact) mass is 241 g/mol. The first kappa shape index (κ1) is 14.5. The Hall–Kier alpha value is -0.610. The Morgan fingerprint density at radius 2 is 2.24 bits per heavy atom. The fourth-order valence-corrected chi connectivity index (χ4v) is 2.38. The summed E-state index contributed by atoms with van der Waals surface area (Å²) in [6.45, 7) is 10.0. The Morgan fingerprint density at radius 3 is 2.82 bits per heavy atom. The van der Waals surface area contributed by atoms with Gasteiger partial charge in [0.25, 0.3) is 0 Å². The third-order valence-corrected chi connectivity index (χ3v) is 3.56. The molecule has 1 atom stereocenters. The number of nitrogens with two attached hydrogens (primary N) is 1. The van der Waals surface area contributed by atoms with E-state index in [2.05, 4.69) is 31.0 Å². The van der Waals surface area contributed by atoms with E-state index in [0.717, 1.165) is 32.5 Å². The summed E-state index contributed by atoms with van der Waals surface area (Å²) in [5.41, 5.74) is 5.91. The predicted octanol–water partition coefficient (Wildman–Crippen LogP) is 0.962. The number of hydrogen-bond acceptors (Lipinski definition) is 3. The second kappa shape index (κ2) is 6.36. The second-order valence-electron chi connectivity index (χ2n) is 5.78. The van der Waals surface area contributed by atoms with E-state index in [1.54, 1.807) is 0 Å². The van der Waals surface area contributed by atoms with Crippen molar-refractivity contribution in [1.29, 1.82) is 0 Å². The molecule has 1 aliphatic heterocycles. The summed E-state index contributed by atoms with van der Waals surface area (Å²) in [6.07, 6.45) is 2.82. The fraction of sp³-hybridized carbons (Fsp3) is 0.923. The highest BCUT2D eigenvalue weighted by Crippen LogP contribution is 2.20. The smallest absolute Gasteiger partial charge is 0.221 e. The molecule has 1 unspecified atom stereocenters. The molecule has 17 heavy (non-hydrogen) atoms. The van der Waals surface area contributed by atoms with E-state index >= 15 is 0 Å². The van der Waals surface area contributed by atoms with Crippen LogP contribution in [-0.2, 0) is 4.79 Å². The van der Waals surface area contributed by atoms with Gasteiger partial charge in [0.15, 0.2) is 0 Å². The first-order valence-electron chi connectivity index (χ1n) is 6.69. The van der Waals surface area contributed by atoms with Crippen molar-refractivity contribution in [3.8, 4) is 0 Å². The second-order valence-corrected chi connectivity index (χ2v) is 5.78. The van der Waals surface area contributed by atoms with Gasteiger partial charge < -0.3 is 11.1 Å². The summed E-state index contributed by atoms with van der Waals surface area (Å²) in [7, 11) is 0. The van der Waals surface area contributed by atoms with Crippen molar-refractivity contribution >= 4 is 5.91 Å². The number of carbonyl (C=O) groups excluding carboxylic acids is 1. The molecule has 1 aliphatic rings.